The van der Waals surface area contributed by atoms with E-state index in [1.165, 1.54) is 97.1 Å². The zero-order valence-corrected chi connectivity index (χ0v) is 36.5. The highest BCUT2D eigenvalue weighted by molar-refractivity contribution is 4.97. The molecule has 4 atom stereocenters. The van der Waals surface area contributed by atoms with Gasteiger partial charge in [0.05, 0.1) is 0 Å². The van der Waals surface area contributed by atoms with Crippen molar-refractivity contribution in [3.63, 3.8) is 0 Å². The van der Waals surface area contributed by atoms with Gasteiger partial charge in [-0.1, -0.05) is 55.4 Å². The van der Waals surface area contributed by atoms with Gasteiger partial charge in [-0.15, -0.1) is 0 Å². The minimum Gasteiger partial charge on any atom is -0.301 e. The van der Waals surface area contributed by atoms with Crippen molar-refractivity contribution in [2.45, 2.75) is 205 Å². The van der Waals surface area contributed by atoms with E-state index in [0.29, 0.717) is 0 Å². The normalized spacial score (nSPS) is 29.3. The molecule has 49 heavy (non-hydrogen) atoms. The number of hydrogen-bond donors (Lipinski definition) is 0. The smallest absolute Gasteiger partial charge is 0.0104 e. The van der Waals surface area contributed by atoms with Gasteiger partial charge in [0.1, 0.15) is 0 Å². The monoisotopic (exact) mass is 689 g/mol. The molecule has 292 valence electrons. The Labute approximate surface area is 310 Å². The van der Waals surface area contributed by atoms with E-state index in [0.717, 1.165) is 83.6 Å². The summed E-state index contributed by atoms with van der Waals surface area (Å²) in [6.07, 6.45) is 12.9. The first-order valence-corrected chi connectivity index (χ1v) is 21.9. The van der Waals surface area contributed by atoms with E-state index in [4.69, 9.17) is 0 Å². The fourth-order valence-corrected chi connectivity index (χ4v) is 9.63. The average molecular weight is 689 g/mol. The number of hydrogen-bond acceptors (Lipinski definition) is 4. The van der Waals surface area contributed by atoms with Crippen LogP contribution in [-0.4, -0.2) is 95.1 Å². The zero-order valence-electron chi connectivity index (χ0n) is 36.5. The molecule has 5 aliphatic heterocycles. The van der Waals surface area contributed by atoms with Crippen LogP contribution in [0.1, 0.15) is 169 Å². The van der Waals surface area contributed by atoms with E-state index in [1.54, 1.807) is 0 Å². The van der Waals surface area contributed by atoms with Gasteiger partial charge in [0.15, 0.2) is 0 Å². The van der Waals surface area contributed by atoms with Crippen molar-refractivity contribution in [1.82, 2.24) is 19.6 Å². The molecule has 4 nitrogen and oxygen atoms in total. The van der Waals surface area contributed by atoms with E-state index in [1.807, 2.05) is 0 Å². The van der Waals surface area contributed by atoms with Crippen molar-refractivity contribution in [2.24, 2.45) is 47.3 Å². The first-order valence-electron chi connectivity index (χ1n) is 21.9. The van der Waals surface area contributed by atoms with Crippen molar-refractivity contribution in [3.8, 4) is 0 Å². The first kappa shape index (κ1) is 45.0. The number of nitrogens with zero attached hydrogens (tertiary/aromatic N) is 4. The average Bonchev–Trinajstić information content (AvgIpc) is 3.65. The van der Waals surface area contributed by atoms with Crippen LogP contribution in [0.4, 0.5) is 0 Å². The molecule has 2 bridgehead atoms. The third-order valence-electron chi connectivity index (χ3n) is 13.7. The maximum atomic E-state index is 2.79. The first-order chi connectivity index (χ1) is 22.9. The van der Waals surface area contributed by atoms with E-state index in [9.17, 15) is 0 Å². The molecule has 5 aliphatic rings. The Bertz CT molecular complexity index is 781. The van der Waals surface area contributed by atoms with Gasteiger partial charge in [-0.25, -0.2) is 0 Å². The van der Waals surface area contributed by atoms with Gasteiger partial charge < -0.3 is 14.7 Å². The van der Waals surface area contributed by atoms with Crippen molar-refractivity contribution in [1.29, 1.82) is 0 Å². The lowest BCUT2D eigenvalue weighted by Gasteiger charge is -2.42. The molecular formula is C45H92N4. The standard InChI is InChI=1S/C13H25N.2C11H23N.C10H21N/c1-9(2)11-7-12-5-6-13(8-11)14(12)10(3)4;1-9(2)11-5-7-12(8-6-11)10(3)4;1-9(2)11-6-5-7-12(8-11)10(3)4;1-8(2)10-5-6-11(7-10)9(3)4/h9-13H,5-8H2,1-4H3;2*9-11H,5-8H2,1-4H3;8-10H,5-7H2,1-4H3. The number of piperidine rings is 3. The molecule has 4 heteroatoms. The molecule has 0 amide bonds. The minimum absolute atomic E-state index is 0.742. The second kappa shape index (κ2) is 22.1. The van der Waals surface area contributed by atoms with Gasteiger partial charge in [0.2, 0.25) is 0 Å². The van der Waals surface area contributed by atoms with Crippen LogP contribution in [0.5, 0.6) is 0 Å². The molecule has 5 heterocycles. The third-order valence-corrected chi connectivity index (χ3v) is 13.7. The summed E-state index contributed by atoms with van der Waals surface area (Å²) in [5.41, 5.74) is 0. The minimum atomic E-state index is 0.742. The second-order valence-electron chi connectivity index (χ2n) is 19.7. The molecule has 0 saturated carbocycles. The predicted octanol–water partition coefficient (Wildman–Crippen LogP) is 11.2. The molecule has 5 rings (SSSR count). The van der Waals surface area contributed by atoms with Crippen molar-refractivity contribution >= 4 is 0 Å². The van der Waals surface area contributed by atoms with Crippen molar-refractivity contribution in [2.75, 3.05) is 39.3 Å². The van der Waals surface area contributed by atoms with Gasteiger partial charge in [-0.05, 0) is 187 Å². The molecule has 0 aromatic heterocycles. The molecule has 5 saturated heterocycles. The Morgan fingerprint density at radius 1 is 0.347 bits per heavy atom. The summed E-state index contributed by atoms with van der Waals surface area (Å²) < 4.78 is 0. The predicted molar refractivity (Wildman–Crippen MR) is 220 cm³/mol. The summed E-state index contributed by atoms with van der Waals surface area (Å²) in [5, 5.41) is 0. The fraction of sp³-hybridized carbons (Fsp3) is 1.00. The Hall–Kier alpha value is -0.160. The Kier molecular flexibility index (Phi) is 20.3. The van der Waals surface area contributed by atoms with E-state index in [2.05, 4.69) is 130 Å². The van der Waals surface area contributed by atoms with Crippen LogP contribution >= 0.6 is 0 Å². The lowest BCUT2D eigenvalue weighted by atomic mass is 9.82. The highest BCUT2D eigenvalue weighted by atomic mass is 15.2. The largest absolute Gasteiger partial charge is 0.301 e. The van der Waals surface area contributed by atoms with Gasteiger partial charge in [-0.2, -0.15) is 0 Å². The molecule has 0 N–H and O–H groups in total. The summed E-state index contributed by atoms with van der Waals surface area (Å²) in [6, 6.07) is 4.84. The molecule has 4 unspecified atom stereocenters. The molecule has 0 aromatic rings. The molecular weight excluding hydrogens is 597 g/mol. The van der Waals surface area contributed by atoms with Gasteiger partial charge >= 0.3 is 0 Å². The molecule has 0 spiro atoms. The molecule has 0 aliphatic carbocycles. The Morgan fingerprint density at radius 3 is 1.06 bits per heavy atom. The molecule has 0 aromatic carbocycles. The topological polar surface area (TPSA) is 13.0 Å². The Balaban J connectivity index is 0.000000228. The quantitative estimate of drug-likeness (QED) is 0.252. The lowest BCUT2D eigenvalue weighted by Crippen LogP contribution is -2.47. The highest BCUT2D eigenvalue weighted by Crippen LogP contribution is 2.42. The van der Waals surface area contributed by atoms with Crippen LogP contribution in [0.2, 0.25) is 0 Å². The second-order valence-corrected chi connectivity index (χ2v) is 19.7. The summed E-state index contributed by atoms with van der Waals surface area (Å²) >= 11 is 0. The van der Waals surface area contributed by atoms with Crippen molar-refractivity contribution in [3.05, 3.63) is 0 Å². The van der Waals surface area contributed by atoms with Gasteiger partial charge in [0, 0.05) is 49.3 Å². The molecule has 5 fully saturated rings. The van der Waals surface area contributed by atoms with Crippen LogP contribution in [0.25, 0.3) is 0 Å². The van der Waals surface area contributed by atoms with Crippen LogP contribution in [0.3, 0.4) is 0 Å². The summed E-state index contributed by atoms with van der Waals surface area (Å²) in [5.74, 6) is 7.41. The summed E-state index contributed by atoms with van der Waals surface area (Å²) in [4.78, 5) is 10.6. The van der Waals surface area contributed by atoms with Gasteiger partial charge in [0.25, 0.3) is 0 Å². The van der Waals surface area contributed by atoms with Gasteiger partial charge in [-0.3, -0.25) is 4.90 Å². The van der Waals surface area contributed by atoms with E-state index >= 15 is 0 Å². The summed E-state index contributed by atoms with van der Waals surface area (Å²) in [6.45, 7) is 45.4. The zero-order chi connectivity index (χ0) is 37.0. The van der Waals surface area contributed by atoms with Crippen molar-refractivity contribution < 1.29 is 0 Å². The lowest BCUT2D eigenvalue weighted by molar-refractivity contribution is 0.0588. The number of likely N-dealkylation sites (tertiary alicyclic amines) is 3. The van der Waals surface area contributed by atoms with Crippen LogP contribution in [0, 0.1) is 47.3 Å². The third kappa shape index (κ3) is 15.0. The SMILES string of the molecule is CC(C)C1CC2CCC(C1)N2C(C)C.CC(C)C1CCCN(C(C)C)C1.CC(C)C1CCN(C(C)C)C1.CC(C)C1CCN(C(C)C)CC1. The van der Waals surface area contributed by atoms with Crippen LogP contribution in [-0.2, 0) is 0 Å². The highest BCUT2D eigenvalue weighted by Gasteiger charge is 2.42. The fourth-order valence-electron chi connectivity index (χ4n) is 9.63. The maximum Gasteiger partial charge on any atom is 0.0104 e. The molecule has 0 radical (unpaired) electrons. The van der Waals surface area contributed by atoms with Crippen LogP contribution < -0.4 is 0 Å². The van der Waals surface area contributed by atoms with E-state index < -0.39 is 0 Å². The summed E-state index contributed by atoms with van der Waals surface area (Å²) in [7, 11) is 0. The number of fused-ring (bicyclic) bond motifs is 2. The van der Waals surface area contributed by atoms with E-state index in [-0.39, 0.29) is 0 Å². The van der Waals surface area contributed by atoms with Crippen LogP contribution in [0.15, 0.2) is 0 Å². The number of rotatable bonds is 8. The Morgan fingerprint density at radius 2 is 0.714 bits per heavy atom. The maximum absolute atomic E-state index is 2.79.